The van der Waals surface area contributed by atoms with Gasteiger partial charge in [-0.05, 0) is 162 Å². The quantitative estimate of drug-likeness (QED) is 0.126. The topological polar surface area (TPSA) is 6.48 Å². The Labute approximate surface area is 403 Å². The Morgan fingerprint density at radius 3 is 0.882 bits per heavy atom. The SMILES string of the molecule is CC(C)(C)c1ccc(N(c2ccc(-c3ccccc3)cc2)c2ccc3cc(/C=C/c4ccc5cc(N(c6ccc(-c7ccccc7)cc6)c6ccc(C(C)(C)C)cc6)ccc5c4)ccc3c2)cc1. The predicted octanol–water partition coefficient (Wildman–Crippen LogP) is 19.0. The monoisotopic (exact) mass is 878 g/mol. The molecular formula is C66H58N2. The van der Waals surface area contributed by atoms with E-state index in [1.165, 1.54) is 66.1 Å². The smallest absolute Gasteiger partial charge is 0.0468 e. The predicted molar refractivity (Wildman–Crippen MR) is 294 cm³/mol. The second-order valence-corrected chi connectivity index (χ2v) is 20.0. The van der Waals surface area contributed by atoms with Crippen LogP contribution < -0.4 is 9.80 Å². The molecule has 0 fully saturated rings. The van der Waals surface area contributed by atoms with E-state index in [9.17, 15) is 0 Å². The molecule has 0 spiro atoms. The van der Waals surface area contributed by atoms with Crippen LogP contribution in [-0.2, 0) is 10.8 Å². The molecule has 68 heavy (non-hydrogen) atoms. The molecule has 0 radical (unpaired) electrons. The third kappa shape index (κ3) is 9.50. The summed E-state index contributed by atoms with van der Waals surface area (Å²) in [6, 6.07) is 84.2. The lowest BCUT2D eigenvalue weighted by molar-refractivity contribution is 0.590. The summed E-state index contributed by atoms with van der Waals surface area (Å²) in [5.74, 6) is 0. The van der Waals surface area contributed by atoms with Gasteiger partial charge in [-0.15, -0.1) is 0 Å². The van der Waals surface area contributed by atoms with Crippen LogP contribution in [-0.4, -0.2) is 0 Å². The van der Waals surface area contributed by atoms with Crippen molar-refractivity contribution in [3.63, 3.8) is 0 Å². The highest BCUT2D eigenvalue weighted by Gasteiger charge is 2.19. The largest absolute Gasteiger partial charge is 0.310 e. The summed E-state index contributed by atoms with van der Waals surface area (Å²) in [5.41, 5.74) is 16.7. The van der Waals surface area contributed by atoms with Crippen LogP contribution in [0, 0.1) is 0 Å². The minimum absolute atomic E-state index is 0.0779. The van der Waals surface area contributed by atoms with E-state index in [-0.39, 0.29) is 10.8 Å². The Balaban J connectivity index is 0.915. The highest BCUT2D eigenvalue weighted by atomic mass is 15.1. The molecule has 10 aromatic rings. The first-order chi connectivity index (χ1) is 32.9. The summed E-state index contributed by atoms with van der Waals surface area (Å²) in [7, 11) is 0. The van der Waals surface area contributed by atoms with E-state index in [0.29, 0.717) is 0 Å². The molecule has 0 aliphatic carbocycles. The molecule has 0 N–H and O–H groups in total. The van der Waals surface area contributed by atoms with Crippen molar-refractivity contribution in [2.45, 2.75) is 52.4 Å². The summed E-state index contributed by atoms with van der Waals surface area (Å²) in [4.78, 5) is 4.73. The number of nitrogens with zero attached hydrogens (tertiary/aromatic N) is 2. The van der Waals surface area contributed by atoms with Gasteiger partial charge >= 0.3 is 0 Å². The molecule has 0 aliphatic heterocycles. The molecule has 10 rings (SSSR count). The highest BCUT2D eigenvalue weighted by molar-refractivity contribution is 5.94. The number of fused-ring (bicyclic) bond motifs is 2. The Morgan fingerprint density at radius 1 is 0.265 bits per heavy atom. The van der Waals surface area contributed by atoms with Gasteiger partial charge in [0.15, 0.2) is 0 Å². The van der Waals surface area contributed by atoms with Crippen molar-refractivity contribution in [1.82, 2.24) is 0 Å². The van der Waals surface area contributed by atoms with Crippen LogP contribution in [0.3, 0.4) is 0 Å². The van der Waals surface area contributed by atoms with Crippen LogP contribution in [0.25, 0.3) is 56.0 Å². The van der Waals surface area contributed by atoms with Crippen LogP contribution in [0.5, 0.6) is 0 Å². The summed E-state index contributed by atoms with van der Waals surface area (Å²) >= 11 is 0. The second kappa shape index (κ2) is 18.4. The molecular weight excluding hydrogens is 821 g/mol. The number of hydrogen-bond donors (Lipinski definition) is 0. The summed E-state index contributed by atoms with van der Waals surface area (Å²) < 4.78 is 0. The normalized spacial score (nSPS) is 11.9. The zero-order valence-corrected chi connectivity index (χ0v) is 40.0. The van der Waals surface area contributed by atoms with Gasteiger partial charge in [-0.2, -0.15) is 0 Å². The van der Waals surface area contributed by atoms with Crippen molar-refractivity contribution in [1.29, 1.82) is 0 Å². The minimum Gasteiger partial charge on any atom is -0.310 e. The molecule has 0 saturated heterocycles. The van der Waals surface area contributed by atoms with Gasteiger partial charge in [0.25, 0.3) is 0 Å². The lowest BCUT2D eigenvalue weighted by Crippen LogP contribution is -2.13. The molecule has 0 amide bonds. The molecule has 10 aromatic carbocycles. The summed E-state index contributed by atoms with van der Waals surface area (Å²) in [5, 5.41) is 4.81. The van der Waals surface area contributed by atoms with Crippen molar-refractivity contribution < 1.29 is 0 Å². The van der Waals surface area contributed by atoms with Crippen LogP contribution in [0.2, 0.25) is 0 Å². The molecule has 0 heterocycles. The van der Waals surface area contributed by atoms with Crippen LogP contribution in [0.15, 0.2) is 231 Å². The highest BCUT2D eigenvalue weighted by Crippen LogP contribution is 2.40. The van der Waals surface area contributed by atoms with Crippen molar-refractivity contribution in [2.75, 3.05) is 9.80 Å². The third-order valence-corrected chi connectivity index (χ3v) is 13.1. The third-order valence-electron chi connectivity index (χ3n) is 13.1. The molecule has 0 aromatic heterocycles. The van der Waals surface area contributed by atoms with Crippen molar-refractivity contribution in [3.8, 4) is 22.3 Å². The van der Waals surface area contributed by atoms with E-state index in [0.717, 1.165) is 34.1 Å². The minimum atomic E-state index is 0.0779. The lowest BCUT2D eigenvalue weighted by Gasteiger charge is -2.27. The maximum atomic E-state index is 2.36. The standard InChI is InChI=1S/C66H58N2/c1-65(2,3)57-29-39-61(40-30-57)67(59-33-23-51(24-34-59)49-13-9-7-10-14-49)63-37-27-53-43-47(19-21-55(53)45-63)17-18-48-20-22-56-46-64(38-28-54(56)44-48)68(62-41-31-58(32-42-62)66(4,5)6)60-35-25-52(26-36-60)50-15-11-8-12-16-50/h7-46H,1-6H3/b18-17+. The fourth-order valence-electron chi connectivity index (χ4n) is 9.16. The van der Waals surface area contributed by atoms with E-state index in [4.69, 9.17) is 0 Å². The molecule has 0 aliphatic rings. The first-order valence-electron chi connectivity index (χ1n) is 23.8. The zero-order chi connectivity index (χ0) is 46.8. The fourth-order valence-corrected chi connectivity index (χ4v) is 9.16. The van der Waals surface area contributed by atoms with E-state index < -0.39 is 0 Å². The number of benzene rings is 10. The summed E-state index contributed by atoms with van der Waals surface area (Å²) in [6.07, 6.45) is 4.45. The van der Waals surface area contributed by atoms with Gasteiger partial charge in [0.05, 0.1) is 0 Å². The van der Waals surface area contributed by atoms with E-state index >= 15 is 0 Å². The zero-order valence-electron chi connectivity index (χ0n) is 40.0. The van der Waals surface area contributed by atoms with Gasteiger partial charge < -0.3 is 9.80 Å². The average molecular weight is 879 g/mol. The van der Waals surface area contributed by atoms with Gasteiger partial charge in [-0.3, -0.25) is 0 Å². The van der Waals surface area contributed by atoms with E-state index in [2.05, 4.69) is 294 Å². The molecule has 2 heteroatoms. The number of rotatable bonds is 10. The Kier molecular flexibility index (Phi) is 11.9. The number of hydrogen-bond acceptors (Lipinski definition) is 2. The fraction of sp³-hybridized carbons (Fsp3) is 0.121. The van der Waals surface area contributed by atoms with Gasteiger partial charge in [-0.1, -0.05) is 199 Å². The molecule has 332 valence electrons. The maximum Gasteiger partial charge on any atom is 0.0468 e. The molecule has 0 bridgehead atoms. The molecule has 2 nitrogen and oxygen atoms in total. The van der Waals surface area contributed by atoms with Crippen LogP contribution >= 0.6 is 0 Å². The van der Waals surface area contributed by atoms with Gasteiger partial charge in [-0.25, -0.2) is 0 Å². The first-order valence-corrected chi connectivity index (χ1v) is 23.8. The van der Waals surface area contributed by atoms with Crippen molar-refractivity contribution >= 4 is 67.8 Å². The summed E-state index contributed by atoms with van der Waals surface area (Å²) in [6.45, 7) is 13.6. The van der Waals surface area contributed by atoms with Crippen LogP contribution in [0.1, 0.15) is 63.8 Å². The second-order valence-electron chi connectivity index (χ2n) is 20.0. The molecule has 0 unspecified atom stereocenters. The molecule has 0 saturated carbocycles. The Hall–Kier alpha value is -7.94. The lowest BCUT2D eigenvalue weighted by atomic mass is 9.87. The maximum absolute atomic E-state index is 2.36. The Morgan fingerprint density at radius 2 is 0.544 bits per heavy atom. The average Bonchev–Trinajstić information content (AvgIpc) is 3.36. The van der Waals surface area contributed by atoms with Gasteiger partial charge in [0.2, 0.25) is 0 Å². The van der Waals surface area contributed by atoms with Gasteiger partial charge in [0, 0.05) is 34.1 Å². The van der Waals surface area contributed by atoms with Crippen molar-refractivity contribution in [3.05, 3.63) is 253 Å². The van der Waals surface area contributed by atoms with E-state index in [1.54, 1.807) is 0 Å². The van der Waals surface area contributed by atoms with Crippen LogP contribution in [0.4, 0.5) is 34.1 Å². The Bertz CT molecular complexity index is 3120. The van der Waals surface area contributed by atoms with Crippen molar-refractivity contribution in [2.24, 2.45) is 0 Å². The van der Waals surface area contributed by atoms with Gasteiger partial charge in [0.1, 0.15) is 0 Å². The first kappa shape index (κ1) is 43.9. The number of anilines is 6. The van der Waals surface area contributed by atoms with E-state index in [1.807, 2.05) is 0 Å². The molecule has 0 atom stereocenters.